The second-order valence-electron chi connectivity index (χ2n) is 3.77. The predicted molar refractivity (Wildman–Crippen MR) is 60.6 cm³/mol. The van der Waals surface area contributed by atoms with E-state index in [1.807, 2.05) is 0 Å². The third-order valence-electron chi connectivity index (χ3n) is 2.58. The number of allylic oxidation sites excluding steroid dienone is 3. The van der Waals surface area contributed by atoms with Gasteiger partial charge in [-0.05, 0) is 25.3 Å². The Hall–Kier alpha value is -0.820. The third kappa shape index (κ3) is 2.56. The van der Waals surface area contributed by atoms with Gasteiger partial charge in [-0.2, -0.15) is 0 Å². The first-order chi connectivity index (χ1) is 6.15. The molecule has 0 unspecified atom stereocenters. The standard InChI is InChI=1S/C12H19N.H2/c1-4-5-9(2)11-7-6-10(3)12(13)8-11;/h6-7,12H,2,4-5,8,13H2,1,3H3;1H/t12-;/m0./s1. The molecule has 13 heavy (non-hydrogen) atoms. The maximum Gasteiger partial charge on any atom is 0.0295 e. The molecule has 0 heterocycles. The second kappa shape index (κ2) is 4.43. The van der Waals surface area contributed by atoms with Crippen molar-refractivity contribution in [3.8, 4) is 0 Å². The van der Waals surface area contributed by atoms with E-state index in [0.717, 1.165) is 19.3 Å². The molecular formula is C12H21N. The van der Waals surface area contributed by atoms with Gasteiger partial charge >= 0.3 is 0 Å². The molecule has 0 bridgehead atoms. The first kappa shape index (κ1) is 10.3. The molecule has 0 fully saturated rings. The molecule has 0 saturated heterocycles. The van der Waals surface area contributed by atoms with E-state index in [9.17, 15) is 0 Å². The molecule has 0 aromatic heterocycles. The van der Waals surface area contributed by atoms with E-state index in [2.05, 4.69) is 32.6 Å². The summed E-state index contributed by atoms with van der Waals surface area (Å²) < 4.78 is 0. The van der Waals surface area contributed by atoms with Crippen molar-refractivity contribution in [1.29, 1.82) is 0 Å². The van der Waals surface area contributed by atoms with Crippen LogP contribution in [0.4, 0.5) is 0 Å². The molecule has 2 N–H and O–H groups in total. The summed E-state index contributed by atoms with van der Waals surface area (Å²) in [6.07, 6.45) is 7.49. The molecule has 0 spiro atoms. The van der Waals surface area contributed by atoms with Crippen molar-refractivity contribution >= 4 is 0 Å². The van der Waals surface area contributed by atoms with E-state index in [0.29, 0.717) is 0 Å². The Morgan fingerprint density at radius 1 is 1.69 bits per heavy atom. The lowest BCUT2D eigenvalue weighted by atomic mass is 9.89. The second-order valence-corrected chi connectivity index (χ2v) is 3.77. The molecule has 0 radical (unpaired) electrons. The van der Waals surface area contributed by atoms with Gasteiger partial charge in [-0.3, -0.25) is 0 Å². The average molecular weight is 179 g/mol. The van der Waals surface area contributed by atoms with Crippen LogP contribution < -0.4 is 5.73 Å². The average Bonchev–Trinajstić information content (AvgIpc) is 2.10. The van der Waals surface area contributed by atoms with Crippen LogP contribution >= 0.6 is 0 Å². The van der Waals surface area contributed by atoms with Gasteiger partial charge in [-0.25, -0.2) is 0 Å². The number of rotatable bonds is 3. The van der Waals surface area contributed by atoms with E-state index in [4.69, 9.17) is 5.73 Å². The van der Waals surface area contributed by atoms with Crippen LogP contribution in [-0.2, 0) is 0 Å². The maximum atomic E-state index is 5.95. The van der Waals surface area contributed by atoms with Crippen LogP contribution in [0.15, 0.2) is 35.5 Å². The zero-order valence-corrected chi connectivity index (χ0v) is 8.64. The zero-order chi connectivity index (χ0) is 9.84. The predicted octanol–water partition coefficient (Wildman–Crippen LogP) is 3.19. The molecule has 0 saturated carbocycles. The van der Waals surface area contributed by atoms with Crippen molar-refractivity contribution in [1.82, 2.24) is 0 Å². The molecule has 1 aliphatic rings. The lowest BCUT2D eigenvalue weighted by Crippen LogP contribution is -2.24. The van der Waals surface area contributed by atoms with Crippen LogP contribution in [-0.4, -0.2) is 6.04 Å². The van der Waals surface area contributed by atoms with Crippen molar-refractivity contribution in [2.45, 2.75) is 39.2 Å². The Morgan fingerprint density at radius 3 is 2.92 bits per heavy atom. The van der Waals surface area contributed by atoms with Crippen molar-refractivity contribution in [2.24, 2.45) is 5.73 Å². The highest BCUT2D eigenvalue weighted by Crippen LogP contribution is 2.24. The molecule has 0 amide bonds. The third-order valence-corrected chi connectivity index (χ3v) is 2.58. The Bertz CT molecular complexity index is 263. The van der Waals surface area contributed by atoms with Crippen LogP contribution in [0.25, 0.3) is 0 Å². The summed E-state index contributed by atoms with van der Waals surface area (Å²) in [5, 5.41) is 0. The minimum Gasteiger partial charge on any atom is -0.324 e. The number of hydrogen-bond donors (Lipinski definition) is 1. The van der Waals surface area contributed by atoms with Gasteiger partial charge in [0.05, 0.1) is 0 Å². The SMILES string of the molecule is C=C(CCC)C1=CC=C(C)[C@@H](N)C1.[HH]. The summed E-state index contributed by atoms with van der Waals surface area (Å²) >= 11 is 0. The van der Waals surface area contributed by atoms with Crippen molar-refractivity contribution in [2.75, 3.05) is 0 Å². The zero-order valence-electron chi connectivity index (χ0n) is 8.64. The highest BCUT2D eigenvalue weighted by Gasteiger charge is 2.13. The van der Waals surface area contributed by atoms with E-state index in [1.165, 1.54) is 16.7 Å². The van der Waals surface area contributed by atoms with Gasteiger partial charge in [0.2, 0.25) is 0 Å². The van der Waals surface area contributed by atoms with Gasteiger partial charge in [-0.15, -0.1) is 0 Å². The summed E-state index contributed by atoms with van der Waals surface area (Å²) in [6, 6.07) is 0.202. The molecule has 74 valence electrons. The van der Waals surface area contributed by atoms with Gasteiger partial charge in [-0.1, -0.05) is 43.2 Å². The van der Waals surface area contributed by atoms with Gasteiger partial charge in [0.1, 0.15) is 0 Å². The Kier molecular flexibility index (Phi) is 3.49. The Morgan fingerprint density at radius 2 is 2.38 bits per heavy atom. The van der Waals surface area contributed by atoms with Gasteiger partial charge in [0.15, 0.2) is 0 Å². The monoisotopic (exact) mass is 179 g/mol. The smallest absolute Gasteiger partial charge is 0.0295 e. The highest BCUT2D eigenvalue weighted by molar-refractivity contribution is 5.38. The molecular weight excluding hydrogens is 158 g/mol. The van der Waals surface area contributed by atoms with Crippen LogP contribution in [0.5, 0.6) is 0 Å². The lowest BCUT2D eigenvalue weighted by molar-refractivity contribution is 0.739. The van der Waals surface area contributed by atoms with E-state index in [-0.39, 0.29) is 7.47 Å². The normalized spacial score (nSPS) is 22.2. The molecule has 0 aromatic rings. The minimum atomic E-state index is 0. The number of hydrogen-bond acceptors (Lipinski definition) is 1. The van der Waals surface area contributed by atoms with Crippen molar-refractivity contribution < 1.29 is 1.43 Å². The van der Waals surface area contributed by atoms with Crippen LogP contribution in [0.1, 0.15) is 34.5 Å². The highest BCUT2D eigenvalue weighted by atomic mass is 14.6. The number of nitrogens with two attached hydrogens (primary N) is 1. The van der Waals surface area contributed by atoms with Gasteiger partial charge < -0.3 is 5.73 Å². The van der Waals surface area contributed by atoms with Gasteiger partial charge in [0, 0.05) is 7.47 Å². The maximum absolute atomic E-state index is 5.95. The Balaban J connectivity index is 0.00000169. The Labute approximate surface area is 82.5 Å². The first-order valence-electron chi connectivity index (χ1n) is 4.96. The minimum absolute atomic E-state index is 0. The molecule has 1 rings (SSSR count). The fraction of sp³-hybridized carbons (Fsp3) is 0.500. The molecule has 1 nitrogen and oxygen atoms in total. The molecule has 0 aliphatic heterocycles. The van der Waals surface area contributed by atoms with Crippen molar-refractivity contribution in [3.63, 3.8) is 0 Å². The molecule has 1 atom stereocenters. The lowest BCUT2D eigenvalue weighted by Gasteiger charge is -2.20. The molecule has 0 aromatic carbocycles. The topological polar surface area (TPSA) is 26.0 Å². The fourth-order valence-corrected chi connectivity index (χ4v) is 1.55. The fourth-order valence-electron chi connectivity index (χ4n) is 1.55. The first-order valence-corrected chi connectivity index (χ1v) is 4.96. The van der Waals surface area contributed by atoms with E-state index < -0.39 is 0 Å². The van der Waals surface area contributed by atoms with Gasteiger partial charge in [0.25, 0.3) is 0 Å². The summed E-state index contributed by atoms with van der Waals surface area (Å²) in [5.74, 6) is 0. The quantitative estimate of drug-likeness (QED) is 0.707. The van der Waals surface area contributed by atoms with Crippen LogP contribution in [0.2, 0.25) is 0 Å². The largest absolute Gasteiger partial charge is 0.324 e. The van der Waals surface area contributed by atoms with Crippen molar-refractivity contribution in [3.05, 3.63) is 35.5 Å². The summed E-state index contributed by atoms with van der Waals surface area (Å²) in [4.78, 5) is 0. The van der Waals surface area contributed by atoms with E-state index in [1.54, 1.807) is 0 Å². The summed E-state index contributed by atoms with van der Waals surface area (Å²) in [6.45, 7) is 8.33. The summed E-state index contributed by atoms with van der Waals surface area (Å²) in [5.41, 5.74) is 9.81. The molecule has 1 aliphatic carbocycles. The molecule has 1 heteroatoms. The summed E-state index contributed by atoms with van der Waals surface area (Å²) in [7, 11) is 0. The van der Waals surface area contributed by atoms with Crippen LogP contribution in [0.3, 0.4) is 0 Å². The van der Waals surface area contributed by atoms with E-state index >= 15 is 0 Å². The van der Waals surface area contributed by atoms with Crippen LogP contribution in [0, 0.1) is 0 Å².